The van der Waals surface area contributed by atoms with E-state index in [-0.39, 0.29) is 25.2 Å². The second-order valence-corrected chi connectivity index (χ2v) is 7.36. The Morgan fingerprint density at radius 2 is 1.95 bits per heavy atom. The summed E-state index contributed by atoms with van der Waals surface area (Å²) >= 11 is 0. The molecule has 7 nitrogen and oxygen atoms in total. The molecule has 0 aromatic rings. The molecule has 2 rings (SSSR count). The molecule has 0 bridgehead atoms. The zero-order chi connectivity index (χ0) is 14.9. The van der Waals surface area contributed by atoms with Crippen LogP contribution in [0.3, 0.4) is 0 Å². The molecule has 0 amide bonds. The Hall–Kier alpha value is -0.700. The van der Waals surface area contributed by atoms with Crippen LogP contribution in [0.25, 0.3) is 0 Å². The Labute approximate surface area is 119 Å². The number of piperidine rings is 1. The van der Waals surface area contributed by atoms with E-state index in [1.807, 2.05) is 6.92 Å². The van der Waals surface area contributed by atoms with Crippen LogP contribution >= 0.6 is 0 Å². The summed E-state index contributed by atoms with van der Waals surface area (Å²) in [6, 6.07) is -1.22. The number of aliphatic carboxylic acids is 1. The maximum Gasteiger partial charge on any atom is 0.322 e. The topological polar surface area (TPSA) is 87.2 Å². The van der Waals surface area contributed by atoms with Crippen LogP contribution in [-0.4, -0.2) is 66.0 Å². The SMILES string of the molecule is CC1CN(S(=O)(=O)N2CCCCC2C(=O)O)C(C)CO1. The molecule has 0 radical (unpaired) electrons. The molecule has 2 aliphatic heterocycles. The Kier molecular flexibility index (Phi) is 4.68. The highest BCUT2D eigenvalue weighted by Crippen LogP contribution is 2.26. The van der Waals surface area contributed by atoms with Crippen LogP contribution in [0.15, 0.2) is 0 Å². The molecule has 116 valence electrons. The van der Waals surface area contributed by atoms with E-state index in [0.29, 0.717) is 19.4 Å². The summed E-state index contributed by atoms with van der Waals surface area (Å²) in [6.07, 6.45) is 1.66. The highest BCUT2D eigenvalue weighted by atomic mass is 32.2. The van der Waals surface area contributed by atoms with Crippen molar-refractivity contribution < 1.29 is 23.1 Å². The number of nitrogens with zero attached hydrogens (tertiary/aromatic N) is 2. The third kappa shape index (κ3) is 2.98. The van der Waals surface area contributed by atoms with Crippen molar-refractivity contribution in [2.45, 2.75) is 51.3 Å². The van der Waals surface area contributed by atoms with E-state index >= 15 is 0 Å². The molecule has 1 N–H and O–H groups in total. The van der Waals surface area contributed by atoms with Crippen LogP contribution in [0.1, 0.15) is 33.1 Å². The zero-order valence-electron chi connectivity index (χ0n) is 11.9. The van der Waals surface area contributed by atoms with Gasteiger partial charge in [0, 0.05) is 19.1 Å². The molecular weight excluding hydrogens is 284 g/mol. The predicted molar refractivity (Wildman–Crippen MR) is 72.5 cm³/mol. The number of carbonyl (C=O) groups is 1. The second kappa shape index (κ2) is 5.97. The lowest BCUT2D eigenvalue weighted by Crippen LogP contribution is -2.59. The molecule has 8 heteroatoms. The van der Waals surface area contributed by atoms with Gasteiger partial charge in [0.05, 0.1) is 12.7 Å². The first-order valence-corrected chi connectivity index (χ1v) is 8.36. The maximum atomic E-state index is 12.7. The first-order chi connectivity index (χ1) is 9.34. The van der Waals surface area contributed by atoms with Crippen LogP contribution in [0.2, 0.25) is 0 Å². The number of hydrogen-bond donors (Lipinski definition) is 1. The van der Waals surface area contributed by atoms with Crippen molar-refractivity contribution in [3.05, 3.63) is 0 Å². The van der Waals surface area contributed by atoms with Gasteiger partial charge < -0.3 is 9.84 Å². The Bertz CT molecular complexity index is 466. The standard InChI is InChI=1S/C12H22N2O5S/c1-9-8-19-10(2)7-14(9)20(17,18)13-6-4-3-5-11(13)12(15)16/h9-11H,3-8H2,1-2H3,(H,15,16). The van der Waals surface area contributed by atoms with Crippen molar-refractivity contribution in [2.75, 3.05) is 19.7 Å². The van der Waals surface area contributed by atoms with E-state index in [4.69, 9.17) is 4.74 Å². The molecule has 0 spiro atoms. The van der Waals surface area contributed by atoms with E-state index in [2.05, 4.69) is 0 Å². The quantitative estimate of drug-likeness (QED) is 0.809. The number of hydrogen-bond acceptors (Lipinski definition) is 4. The first kappa shape index (κ1) is 15.7. The largest absolute Gasteiger partial charge is 0.480 e. The third-order valence-corrected chi connectivity index (χ3v) is 6.01. The molecule has 0 saturated carbocycles. The van der Waals surface area contributed by atoms with Gasteiger partial charge in [0.1, 0.15) is 6.04 Å². The average Bonchev–Trinajstić information content (AvgIpc) is 2.41. The van der Waals surface area contributed by atoms with E-state index in [9.17, 15) is 18.3 Å². The van der Waals surface area contributed by atoms with E-state index < -0.39 is 22.2 Å². The minimum absolute atomic E-state index is 0.172. The van der Waals surface area contributed by atoms with Crippen molar-refractivity contribution >= 4 is 16.2 Å². The number of morpholine rings is 1. The van der Waals surface area contributed by atoms with Crippen LogP contribution in [0.5, 0.6) is 0 Å². The summed E-state index contributed by atoms with van der Waals surface area (Å²) in [4.78, 5) is 11.3. The summed E-state index contributed by atoms with van der Waals surface area (Å²) in [5.41, 5.74) is 0. The van der Waals surface area contributed by atoms with Gasteiger partial charge in [-0.25, -0.2) is 0 Å². The van der Waals surface area contributed by atoms with Gasteiger partial charge in [0.25, 0.3) is 10.2 Å². The van der Waals surface area contributed by atoms with Gasteiger partial charge in [-0.15, -0.1) is 0 Å². The molecule has 0 aliphatic carbocycles. The summed E-state index contributed by atoms with van der Waals surface area (Å²) in [5.74, 6) is -1.07. The van der Waals surface area contributed by atoms with Crippen LogP contribution in [-0.2, 0) is 19.7 Å². The number of carboxylic acids is 1. The fourth-order valence-electron chi connectivity index (χ4n) is 2.76. The highest BCUT2D eigenvalue weighted by Gasteiger charge is 2.43. The predicted octanol–water partition coefficient (Wildman–Crippen LogP) is 0.280. The molecule has 2 saturated heterocycles. The van der Waals surface area contributed by atoms with Gasteiger partial charge in [0.2, 0.25) is 0 Å². The maximum absolute atomic E-state index is 12.7. The molecular formula is C12H22N2O5S. The van der Waals surface area contributed by atoms with Crippen molar-refractivity contribution in [2.24, 2.45) is 0 Å². The van der Waals surface area contributed by atoms with E-state index in [1.165, 1.54) is 4.31 Å². The van der Waals surface area contributed by atoms with Crippen molar-refractivity contribution in [1.29, 1.82) is 0 Å². The lowest BCUT2D eigenvalue weighted by molar-refractivity contribution is -0.142. The Morgan fingerprint density at radius 3 is 2.60 bits per heavy atom. The smallest absolute Gasteiger partial charge is 0.322 e. The second-order valence-electron chi connectivity index (χ2n) is 5.53. The third-order valence-electron chi connectivity index (χ3n) is 3.88. The van der Waals surface area contributed by atoms with E-state index in [0.717, 1.165) is 10.7 Å². The fourth-order valence-corrected chi connectivity index (χ4v) is 4.82. The average molecular weight is 306 g/mol. The number of ether oxygens (including phenoxy) is 1. The lowest BCUT2D eigenvalue weighted by Gasteiger charge is -2.41. The van der Waals surface area contributed by atoms with Gasteiger partial charge in [0.15, 0.2) is 0 Å². The van der Waals surface area contributed by atoms with Crippen LogP contribution < -0.4 is 0 Å². The molecule has 0 aromatic carbocycles. The molecule has 2 heterocycles. The van der Waals surface area contributed by atoms with Gasteiger partial charge in [-0.05, 0) is 33.1 Å². The summed E-state index contributed by atoms with van der Waals surface area (Å²) in [6.45, 7) is 4.48. The van der Waals surface area contributed by atoms with E-state index in [1.54, 1.807) is 6.92 Å². The minimum Gasteiger partial charge on any atom is -0.480 e. The molecule has 3 atom stereocenters. The summed E-state index contributed by atoms with van der Waals surface area (Å²) < 4.78 is 33.4. The van der Waals surface area contributed by atoms with Gasteiger partial charge in [-0.1, -0.05) is 0 Å². The van der Waals surface area contributed by atoms with Crippen LogP contribution in [0.4, 0.5) is 0 Å². The highest BCUT2D eigenvalue weighted by molar-refractivity contribution is 7.86. The van der Waals surface area contributed by atoms with Gasteiger partial charge in [-0.2, -0.15) is 17.0 Å². The Balaban J connectivity index is 2.25. The molecule has 0 aromatic heterocycles. The summed E-state index contributed by atoms with van der Waals surface area (Å²) in [5, 5.41) is 9.24. The van der Waals surface area contributed by atoms with Gasteiger partial charge >= 0.3 is 5.97 Å². The molecule has 2 fully saturated rings. The molecule has 2 aliphatic rings. The van der Waals surface area contributed by atoms with Crippen LogP contribution in [0, 0.1) is 0 Å². The summed E-state index contributed by atoms with van der Waals surface area (Å²) in [7, 11) is -3.76. The number of rotatable bonds is 3. The van der Waals surface area contributed by atoms with Crippen molar-refractivity contribution in [3.8, 4) is 0 Å². The molecule has 3 unspecified atom stereocenters. The molecule has 20 heavy (non-hydrogen) atoms. The monoisotopic (exact) mass is 306 g/mol. The fraction of sp³-hybridized carbons (Fsp3) is 0.917. The lowest BCUT2D eigenvalue weighted by atomic mass is 10.1. The Morgan fingerprint density at radius 1 is 1.25 bits per heavy atom. The normalized spacial score (nSPS) is 34.0. The van der Waals surface area contributed by atoms with Crippen molar-refractivity contribution in [3.63, 3.8) is 0 Å². The van der Waals surface area contributed by atoms with Crippen molar-refractivity contribution in [1.82, 2.24) is 8.61 Å². The number of carboxylic acid groups (broad SMARTS) is 1. The zero-order valence-corrected chi connectivity index (χ0v) is 12.7. The van der Waals surface area contributed by atoms with Gasteiger partial charge in [-0.3, -0.25) is 4.79 Å². The minimum atomic E-state index is -3.76. The first-order valence-electron chi connectivity index (χ1n) is 6.97.